The summed E-state index contributed by atoms with van der Waals surface area (Å²) in [5.74, 6) is 0.343. The highest BCUT2D eigenvalue weighted by molar-refractivity contribution is 5.78. The minimum absolute atomic E-state index is 0.0106. The van der Waals surface area contributed by atoms with Crippen molar-refractivity contribution in [2.24, 2.45) is 0 Å². The first kappa shape index (κ1) is 23.9. The number of hydrogen-bond acceptors (Lipinski definition) is 3. The van der Waals surface area contributed by atoms with Crippen molar-refractivity contribution < 1.29 is 4.79 Å². The zero-order chi connectivity index (χ0) is 21.1. The van der Waals surface area contributed by atoms with Crippen LogP contribution in [-0.2, 0) is 10.2 Å². The molecule has 0 spiro atoms. The standard InChI is InChI=1S/C25H43N3O/c1-26(2)18-13-19-28(21-20-27(3)4)24(29)22-25(23-14-9-8-10-15-23)16-11-6-5-7-12-17-25/h8-10,14-15H,5-7,11-13,16-22H2,1-4H3. The van der Waals surface area contributed by atoms with Crippen LogP contribution in [0.15, 0.2) is 30.3 Å². The van der Waals surface area contributed by atoms with E-state index in [1.165, 1.54) is 37.7 Å². The summed E-state index contributed by atoms with van der Waals surface area (Å²) < 4.78 is 0. The maximum atomic E-state index is 13.6. The number of amides is 1. The van der Waals surface area contributed by atoms with Crippen molar-refractivity contribution in [3.05, 3.63) is 35.9 Å². The molecule has 1 aliphatic rings. The van der Waals surface area contributed by atoms with Crippen molar-refractivity contribution in [2.45, 2.75) is 63.2 Å². The van der Waals surface area contributed by atoms with Gasteiger partial charge in [-0.2, -0.15) is 0 Å². The third-order valence-corrected chi connectivity index (χ3v) is 6.39. The summed E-state index contributed by atoms with van der Waals surface area (Å²) in [5.41, 5.74) is 1.38. The maximum Gasteiger partial charge on any atom is 0.223 e. The quantitative estimate of drug-likeness (QED) is 0.581. The second-order valence-corrected chi connectivity index (χ2v) is 9.43. The third-order valence-electron chi connectivity index (χ3n) is 6.39. The number of benzene rings is 1. The molecule has 1 fully saturated rings. The number of carbonyl (C=O) groups is 1. The van der Waals surface area contributed by atoms with Crippen molar-refractivity contribution in [3.8, 4) is 0 Å². The van der Waals surface area contributed by atoms with Crippen LogP contribution in [0.25, 0.3) is 0 Å². The first-order valence-corrected chi connectivity index (χ1v) is 11.6. The van der Waals surface area contributed by atoms with Crippen molar-refractivity contribution in [1.29, 1.82) is 0 Å². The highest BCUT2D eigenvalue weighted by atomic mass is 16.2. The lowest BCUT2D eigenvalue weighted by atomic mass is 9.69. The van der Waals surface area contributed by atoms with Gasteiger partial charge in [0.2, 0.25) is 5.91 Å². The Hall–Kier alpha value is -1.39. The predicted octanol–water partition coefficient (Wildman–Crippen LogP) is 4.40. The normalized spacial score (nSPS) is 17.2. The first-order chi connectivity index (χ1) is 13.9. The lowest BCUT2D eigenvalue weighted by Crippen LogP contribution is -2.42. The van der Waals surface area contributed by atoms with Gasteiger partial charge in [0.05, 0.1) is 0 Å². The summed E-state index contributed by atoms with van der Waals surface area (Å²) in [4.78, 5) is 20.1. The Morgan fingerprint density at radius 1 is 0.793 bits per heavy atom. The molecule has 0 N–H and O–H groups in total. The molecule has 1 amide bonds. The zero-order valence-electron chi connectivity index (χ0n) is 19.3. The minimum Gasteiger partial charge on any atom is -0.341 e. The molecule has 0 bridgehead atoms. The molecule has 1 saturated carbocycles. The molecule has 164 valence electrons. The first-order valence-electron chi connectivity index (χ1n) is 11.6. The summed E-state index contributed by atoms with van der Waals surface area (Å²) in [6.45, 7) is 3.63. The molecule has 29 heavy (non-hydrogen) atoms. The van der Waals surface area contributed by atoms with Crippen LogP contribution in [0.2, 0.25) is 0 Å². The zero-order valence-corrected chi connectivity index (χ0v) is 19.3. The molecule has 0 atom stereocenters. The summed E-state index contributed by atoms with van der Waals surface area (Å²) in [6.07, 6.45) is 10.4. The Morgan fingerprint density at radius 3 is 1.97 bits per heavy atom. The SMILES string of the molecule is CN(C)CCCN(CCN(C)C)C(=O)CC1(c2ccccc2)CCCCCCC1. The van der Waals surface area contributed by atoms with Gasteiger partial charge in [0, 0.05) is 31.5 Å². The molecule has 4 heteroatoms. The Bertz CT molecular complexity index is 577. The van der Waals surface area contributed by atoms with E-state index in [1.807, 2.05) is 0 Å². The predicted molar refractivity (Wildman–Crippen MR) is 123 cm³/mol. The van der Waals surface area contributed by atoms with Crippen LogP contribution in [-0.4, -0.2) is 75.0 Å². The number of hydrogen-bond donors (Lipinski definition) is 0. The van der Waals surface area contributed by atoms with Crippen LogP contribution in [0.5, 0.6) is 0 Å². The van der Waals surface area contributed by atoms with Gasteiger partial charge < -0.3 is 14.7 Å². The van der Waals surface area contributed by atoms with Gasteiger partial charge in [-0.3, -0.25) is 4.79 Å². The molecule has 1 aromatic carbocycles. The van der Waals surface area contributed by atoms with Crippen LogP contribution >= 0.6 is 0 Å². The van der Waals surface area contributed by atoms with E-state index >= 15 is 0 Å². The summed E-state index contributed by atoms with van der Waals surface area (Å²) in [5, 5.41) is 0. The van der Waals surface area contributed by atoms with Gasteiger partial charge in [-0.25, -0.2) is 0 Å². The largest absolute Gasteiger partial charge is 0.341 e. The molecular formula is C25H43N3O. The fourth-order valence-electron chi connectivity index (χ4n) is 4.60. The van der Waals surface area contributed by atoms with Crippen LogP contribution in [0.4, 0.5) is 0 Å². The lowest BCUT2D eigenvalue weighted by Gasteiger charge is -2.38. The van der Waals surface area contributed by atoms with Crippen molar-refractivity contribution in [2.75, 3.05) is 54.4 Å². The van der Waals surface area contributed by atoms with Gasteiger partial charge in [-0.1, -0.05) is 62.4 Å². The van der Waals surface area contributed by atoms with E-state index in [-0.39, 0.29) is 5.41 Å². The van der Waals surface area contributed by atoms with Crippen LogP contribution < -0.4 is 0 Å². The minimum atomic E-state index is 0.0106. The molecule has 0 saturated heterocycles. The average molecular weight is 402 g/mol. The van der Waals surface area contributed by atoms with Crippen LogP contribution in [0, 0.1) is 0 Å². The highest BCUT2D eigenvalue weighted by Crippen LogP contribution is 2.41. The van der Waals surface area contributed by atoms with Crippen molar-refractivity contribution in [1.82, 2.24) is 14.7 Å². The molecule has 1 aliphatic carbocycles. The van der Waals surface area contributed by atoms with Gasteiger partial charge in [-0.15, -0.1) is 0 Å². The fraction of sp³-hybridized carbons (Fsp3) is 0.720. The van der Waals surface area contributed by atoms with Gasteiger partial charge in [0.1, 0.15) is 0 Å². The number of rotatable bonds is 10. The second-order valence-electron chi connectivity index (χ2n) is 9.43. The van der Waals surface area contributed by atoms with E-state index < -0.39 is 0 Å². The molecule has 1 aromatic rings. The molecule has 2 rings (SSSR count). The molecular weight excluding hydrogens is 358 g/mol. The van der Waals surface area contributed by atoms with Crippen molar-refractivity contribution >= 4 is 5.91 Å². The topological polar surface area (TPSA) is 26.8 Å². The van der Waals surface area contributed by atoms with Gasteiger partial charge >= 0.3 is 0 Å². The Balaban J connectivity index is 2.17. The smallest absolute Gasteiger partial charge is 0.223 e. The van der Waals surface area contributed by atoms with Crippen LogP contribution in [0.1, 0.15) is 63.4 Å². The van der Waals surface area contributed by atoms with E-state index in [1.54, 1.807) is 0 Å². The lowest BCUT2D eigenvalue weighted by molar-refractivity contribution is -0.133. The monoisotopic (exact) mass is 401 g/mol. The fourth-order valence-corrected chi connectivity index (χ4v) is 4.60. The number of nitrogens with zero attached hydrogens (tertiary/aromatic N) is 3. The molecule has 0 heterocycles. The molecule has 0 aromatic heterocycles. The average Bonchev–Trinajstić information content (AvgIpc) is 2.67. The van der Waals surface area contributed by atoms with E-state index in [9.17, 15) is 4.79 Å². The van der Waals surface area contributed by atoms with E-state index in [0.717, 1.165) is 45.4 Å². The number of likely N-dealkylation sites (N-methyl/N-ethyl adjacent to an activating group) is 1. The van der Waals surface area contributed by atoms with Crippen LogP contribution in [0.3, 0.4) is 0 Å². The van der Waals surface area contributed by atoms with E-state index in [0.29, 0.717) is 12.3 Å². The Kier molecular flexibility index (Phi) is 10.2. The Morgan fingerprint density at radius 2 is 1.38 bits per heavy atom. The molecule has 0 radical (unpaired) electrons. The number of carbonyl (C=O) groups excluding carboxylic acids is 1. The van der Waals surface area contributed by atoms with E-state index in [2.05, 4.69) is 73.2 Å². The Labute approximate surface area is 179 Å². The highest BCUT2D eigenvalue weighted by Gasteiger charge is 2.35. The maximum absolute atomic E-state index is 13.6. The van der Waals surface area contributed by atoms with Gasteiger partial charge in [-0.05, 0) is 59.6 Å². The van der Waals surface area contributed by atoms with E-state index in [4.69, 9.17) is 0 Å². The van der Waals surface area contributed by atoms with Gasteiger partial charge in [0.15, 0.2) is 0 Å². The third kappa shape index (κ3) is 8.10. The molecule has 0 aliphatic heterocycles. The van der Waals surface area contributed by atoms with Crippen molar-refractivity contribution in [3.63, 3.8) is 0 Å². The summed E-state index contributed by atoms with van der Waals surface area (Å²) in [6, 6.07) is 10.9. The molecule has 0 unspecified atom stereocenters. The second kappa shape index (κ2) is 12.3. The van der Waals surface area contributed by atoms with Gasteiger partial charge in [0.25, 0.3) is 0 Å². The molecule has 4 nitrogen and oxygen atoms in total. The summed E-state index contributed by atoms with van der Waals surface area (Å²) >= 11 is 0. The summed E-state index contributed by atoms with van der Waals surface area (Å²) in [7, 11) is 8.38.